The molecule has 26 heavy (non-hydrogen) atoms. The minimum absolute atomic E-state index is 0.699. The van der Waals surface area contributed by atoms with Gasteiger partial charge >= 0.3 is 0 Å². The standard InChI is InChI=1S/C22H36N4/c1-24-14-16-26(17-15-24)22-8-6-19(7-9-22)18-23-20-10-12-25(13-11-20)21-4-2-3-5-21/h6-9,20-21,23H,2-5,10-18H2,1H3. The van der Waals surface area contributed by atoms with Gasteiger partial charge in [-0.2, -0.15) is 0 Å². The molecule has 144 valence electrons. The number of hydrogen-bond acceptors (Lipinski definition) is 4. The Morgan fingerprint density at radius 2 is 1.50 bits per heavy atom. The first-order valence-electron chi connectivity index (χ1n) is 10.8. The van der Waals surface area contributed by atoms with Crippen LogP contribution < -0.4 is 10.2 Å². The third-order valence-corrected chi connectivity index (χ3v) is 6.77. The summed E-state index contributed by atoms with van der Waals surface area (Å²) in [5.41, 5.74) is 2.80. The molecule has 0 amide bonds. The SMILES string of the molecule is CN1CCN(c2ccc(CNC3CCN(C4CCCC4)CC3)cc2)CC1. The molecule has 3 fully saturated rings. The topological polar surface area (TPSA) is 21.8 Å². The van der Waals surface area contributed by atoms with Crippen LogP contribution in [-0.2, 0) is 6.54 Å². The van der Waals surface area contributed by atoms with Gasteiger partial charge in [0, 0.05) is 50.5 Å². The zero-order valence-electron chi connectivity index (χ0n) is 16.5. The van der Waals surface area contributed by atoms with Crippen LogP contribution in [0, 0.1) is 0 Å². The molecule has 1 aromatic rings. The quantitative estimate of drug-likeness (QED) is 0.875. The van der Waals surface area contributed by atoms with E-state index in [0.29, 0.717) is 6.04 Å². The number of rotatable bonds is 5. The Labute approximate surface area is 159 Å². The van der Waals surface area contributed by atoms with Crippen molar-refractivity contribution in [1.29, 1.82) is 0 Å². The number of hydrogen-bond donors (Lipinski definition) is 1. The molecule has 4 rings (SSSR count). The van der Waals surface area contributed by atoms with Crippen LogP contribution in [0.1, 0.15) is 44.1 Å². The minimum Gasteiger partial charge on any atom is -0.369 e. The highest BCUT2D eigenvalue weighted by atomic mass is 15.2. The van der Waals surface area contributed by atoms with E-state index >= 15 is 0 Å². The van der Waals surface area contributed by atoms with Crippen molar-refractivity contribution in [2.75, 3.05) is 51.2 Å². The van der Waals surface area contributed by atoms with Crippen LogP contribution in [0.25, 0.3) is 0 Å². The molecule has 0 unspecified atom stereocenters. The highest BCUT2D eigenvalue weighted by Gasteiger charge is 2.26. The molecule has 1 saturated carbocycles. The number of anilines is 1. The third kappa shape index (κ3) is 4.59. The fraction of sp³-hybridized carbons (Fsp3) is 0.727. The largest absolute Gasteiger partial charge is 0.369 e. The van der Waals surface area contributed by atoms with Crippen molar-refractivity contribution in [3.05, 3.63) is 29.8 Å². The van der Waals surface area contributed by atoms with E-state index in [1.54, 1.807) is 0 Å². The Kier molecular flexibility index (Phi) is 6.13. The third-order valence-electron chi connectivity index (χ3n) is 6.77. The summed E-state index contributed by atoms with van der Waals surface area (Å²) in [6, 6.07) is 10.8. The van der Waals surface area contributed by atoms with Crippen LogP contribution in [0.3, 0.4) is 0 Å². The normalized spacial score (nSPS) is 24.4. The molecule has 2 aliphatic heterocycles. The van der Waals surface area contributed by atoms with Gasteiger partial charge in [-0.3, -0.25) is 0 Å². The van der Waals surface area contributed by atoms with E-state index in [2.05, 4.69) is 51.3 Å². The Morgan fingerprint density at radius 1 is 0.846 bits per heavy atom. The number of piperidine rings is 1. The highest BCUT2D eigenvalue weighted by molar-refractivity contribution is 5.48. The molecule has 1 aromatic carbocycles. The second kappa shape index (κ2) is 8.73. The fourth-order valence-electron chi connectivity index (χ4n) is 4.89. The first-order valence-corrected chi connectivity index (χ1v) is 10.8. The fourth-order valence-corrected chi connectivity index (χ4v) is 4.89. The summed E-state index contributed by atoms with van der Waals surface area (Å²) in [4.78, 5) is 7.68. The highest BCUT2D eigenvalue weighted by Crippen LogP contribution is 2.26. The van der Waals surface area contributed by atoms with Gasteiger partial charge in [-0.1, -0.05) is 25.0 Å². The number of likely N-dealkylation sites (tertiary alicyclic amines) is 1. The maximum Gasteiger partial charge on any atom is 0.0367 e. The lowest BCUT2D eigenvalue weighted by molar-refractivity contribution is 0.144. The number of piperazine rings is 1. The second-order valence-electron chi connectivity index (χ2n) is 8.59. The molecule has 2 heterocycles. The zero-order valence-corrected chi connectivity index (χ0v) is 16.5. The Hall–Kier alpha value is -1.10. The minimum atomic E-state index is 0.699. The van der Waals surface area contributed by atoms with Crippen LogP contribution >= 0.6 is 0 Å². The van der Waals surface area contributed by atoms with Crippen molar-refractivity contribution in [2.45, 2.75) is 57.2 Å². The summed E-state index contributed by atoms with van der Waals surface area (Å²) in [7, 11) is 2.21. The van der Waals surface area contributed by atoms with Crippen molar-refractivity contribution in [3.8, 4) is 0 Å². The lowest BCUT2D eigenvalue weighted by Crippen LogP contribution is -2.45. The Morgan fingerprint density at radius 3 is 2.15 bits per heavy atom. The maximum absolute atomic E-state index is 3.81. The second-order valence-corrected chi connectivity index (χ2v) is 8.59. The van der Waals surface area contributed by atoms with E-state index < -0.39 is 0 Å². The van der Waals surface area contributed by atoms with E-state index in [1.807, 2.05) is 0 Å². The van der Waals surface area contributed by atoms with Crippen LogP contribution in [0.5, 0.6) is 0 Å². The average molecular weight is 357 g/mol. The molecule has 0 atom stereocenters. The van der Waals surface area contributed by atoms with Gasteiger partial charge in [0.25, 0.3) is 0 Å². The molecule has 0 aromatic heterocycles. The van der Waals surface area contributed by atoms with Gasteiger partial charge in [-0.05, 0) is 63.5 Å². The van der Waals surface area contributed by atoms with Gasteiger partial charge in [0.05, 0.1) is 0 Å². The van der Waals surface area contributed by atoms with Crippen molar-refractivity contribution in [2.24, 2.45) is 0 Å². The van der Waals surface area contributed by atoms with Gasteiger partial charge in [0.1, 0.15) is 0 Å². The van der Waals surface area contributed by atoms with Gasteiger partial charge in [-0.25, -0.2) is 0 Å². The predicted molar refractivity (Wildman–Crippen MR) is 110 cm³/mol. The molecule has 0 spiro atoms. The van der Waals surface area contributed by atoms with Gasteiger partial charge in [0.15, 0.2) is 0 Å². The summed E-state index contributed by atoms with van der Waals surface area (Å²) in [6.07, 6.45) is 8.42. The van der Waals surface area contributed by atoms with Crippen molar-refractivity contribution >= 4 is 5.69 Å². The van der Waals surface area contributed by atoms with E-state index in [0.717, 1.165) is 25.7 Å². The van der Waals surface area contributed by atoms with Crippen molar-refractivity contribution in [3.63, 3.8) is 0 Å². The maximum atomic E-state index is 3.81. The van der Waals surface area contributed by atoms with Crippen LogP contribution in [0.15, 0.2) is 24.3 Å². The number of likely N-dealkylation sites (N-methyl/N-ethyl adjacent to an activating group) is 1. The smallest absolute Gasteiger partial charge is 0.0367 e. The molecular weight excluding hydrogens is 320 g/mol. The average Bonchev–Trinajstić information content (AvgIpc) is 3.23. The van der Waals surface area contributed by atoms with E-state index in [9.17, 15) is 0 Å². The van der Waals surface area contributed by atoms with E-state index in [-0.39, 0.29) is 0 Å². The predicted octanol–water partition coefficient (Wildman–Crippen LogP) is 2.94. The van der Waals surface area contributed by atoms with Gasteiger partial charge in [0.2, 0.25) is 0 Å². The molecule has 3 aliphatic rings. The number of nitrogens with one attached hydrogen (secondary N) is 1. The monoisotopic (exact) mass is 356 g/mol. The molecule has 4 nitrogen and oxygen atoms in total. The molecule has 0 bridgehead atoms. The zero-order chi connectivity index (χ0) is 17.8. The number of nitrogens with zero attached hydrogens (tertiary/aromatic N) is 3. The van der Waals surface area contributed by atoms with Gasteiger partial charge < -0.3 is 20.0 Å². The first kappa shape index (κ1) is 18.3. The summed E-state index contributed by atoms with van der Waals surface area (Å²) >= 11 is 0. The summed E-state index contributed by atoms with van der Waals surface area (Å²) in [6.45, 7) is 8.24. The van der Waals surface area contributed by atoms with Crippen LogP contribution in [0.4, 0.5) is 5.69 Å². The Balaban J connectivity index is 1.20. The lowest BCUT2D eigenvalue weighted by Gasteiger charge is -2.36. The van der Waals surface area contributed by atoms with Crippen LogP contribution in [-0.4, -0.2) is 68.2 Å². The molecule has 2 saturated heterocycles. The van der Waals surface area contributed by atoms with Crippen molar-refractivity contribution < 1.29 is 0 Å². The van der Waals surface area contributed by atoms with Crippen molar-refractivity contribution in [1.82, 2.24) is 15.1 Å². The van der Waals surface area contributed by atoms with Gasteiger partial charge in [-0.15, -0.1) is 0 Å². The molecule has 4 heteroatoms. The van der Waals surface area contributed by atoms with E-state index in [4.69, 9.17) is 0 Å². The molecule has 1 aliphatic carbocycles. The summed E-state index contributed by atoms with van der Waals surface area (Å²) < 4.78 is 0. The molecule has 1 N–H and O–H groups in total. The Bertz CT molecular complexity index is 536. The van der Waals surface area contributed by atoms with E-state index in [1.165, 1.54) is 76.0 Å². The lowest BCUT2D eigenvalue weighted by atomic mass is 10.0. The number of benzene rings is 1. The van der Waals surface area contributed by atoms with Crippen LogP contribution in [0.2, 0.25) is 0 Å². The molecular formula is C22H36N4. The molecule has 0 radical (unpaired) electrons. The summed E-state index contributed by atoms with van der Waals surface area (Å²) in [5, 5.41) is 3.81. The summed E-state index contributed by atoms with van der Waals surface area (Å²) in [5.74, 6) is 0. The first-order chi connectivity index (χ1) is 12.8.